The highest BCUT2D eigenvalue weighted by Gasteiger charge is 2.24. The van der Waals surface area contributed by atoms with Crippen LogP contribution >= 0.6 is 0 Å². The standard InChI is InChI=1S/C18H39N3/c1-7-20(15-14-19(6)11-8-16(2)3)18-9-12-21(13-10-18)17(4)5/h16-18H,7-15H2,1-6H3. The molecule has 0 aromatic rings. The topological polar surface area (TPSA) is 9.72 Å². The molecular formula is C18H39N3. The van der Waals surface area contributed by atoms with E-state index >= 15 is 0 Å². The summed E-state index contributed by atoms with van der Waals surface area (Å²) in [7, 11) is 2.28. The quantitative estimate of drug-likeness (QED) is 0.647. The van der Waals surface area contributed by atoms with Crippen molar-refractivity contribution in [1.82, 2.24) is 14.7 Å². The van der Waals surface area contributed by atoms with Crippen LogP contribution in [0.2, 0.25) is 0 Å². The highest BCUT2D eigenvalue weighted by atomic mass is 15.2. The average molecular weight is 298 g/mol. The maximum Gasteiger partial charge on any atom is 0.0120 e. The molecule has 1 fully saturated rings. The van der Waals surface area contributed by atoms with Gasteiger partial charge in [0.1, 0.15) is 0 Å². The second-order valence-corrected chi connectivity index (χ2v) is 7.48. The van der Waals surface area contributed by atoms with Crippen LogP contribution in [0.4, 0.5) is 0 Å². The molecule has 0 aromatic heterocycles. The second kappa shape index (κ2) is 9.81. The van der Waals surface area contributed by atoms with E-state index in [1.165, 1.54) is 58.5 Å². The van der Waals surface area contributed by atoms with Crippen LogP contribution in [0.3, 0.4) is 0 Å². The number of likely N-dealkylation sites (N-methyl/N-ethyl adjacent to an activating group) is 2. The molecule has 1 heterocycles. The zero-order chi connectivity index (χ0) is 15.8. The van der Waals surface area contributed by atoms with Gasteiger partial charge in [0.15, 0.2) is 0 Å². The zero-order valence-corrected chi connectivity index (χ0v) is 15.4. The van der Waals surface area contributed by atoms with Crippen molar-refractivity contribution in [2.75, 3.05) is 46.3 Å². The highest BCUT2D eigenvalue weighted by molar-refractivity contribution is 4.81. The molecule has 0 aliphatic carbocycles. The first kappa shape index (κ1) is 18.9. The van der Waals surface area contributed by atoms with Crippen LogP contribution in [0, 0.1) is 5.92 Å². The van der Waals surface area contributed by atoms with Gasteiger partial charge in [0.2, 0.25) is 0 Å². The first-order valence-corrected chi connectivity index (χ1v) is 9.10. The van der Waals surface area contributed by atoms with E-state index in [-0.39, 0.29) is 0 Å². The lowest BCUT2D eigenvalue weighted by molar-refractivity contribution is 0.0888. The minimum absolute atomic E-state index is 0.711. The normalized spacial score (nSPS) is 18.6. The van der Waals surface area contributed by atoms with E-state index in [0.717, 1.165) is 12.0 Å². The molecule has 0 saturated carbocycles. The van der Waals surface area contributed by atoms with Crippen molar-refractivity contribution in [1.29, 1.82) is 0 Å². The molecule has 0 radical (unpaired) electrons. The van der Waals surface area contributed by atoms with Crippen molar-refractivity contribution in [2.45, 2.75) is 66.0 Å². The van der Waals surface area contributed by atoms with Gasteiger partial charge in [0.05, 0.1) is 0 Å². The fraction of sp³-hybridized carbons (Fsp3) is 1.00. The molecule has 1 aliphatic heterocycles. The fourth-order valence-electron chi connectivity index (χ4n) is 3.26. The van der Waals surface area contributed by atoms with Gasteiger partial charge in [0, 0.05) is 25.2 Å². The van der Waals surface area contributed by atoms with Crippen molar-refractivity contribution < 1.29 is 0 Å². The second-order valence-electron chi connectivity index (χ2n) is 7.48. The fourth-order valence-corrected chi connectivity index (χ4v) is 3.26. The van der Waals surface area contributed by atoms with Crippen molar-refractivity contribution in [3.8, 4) is 0 Å². The van der Waals surface area contributed by atoms with Gasteiger partial charge in [-0.15, -0.1) is 0 Å². The molecule has 0 bridgehead atoms. The van der Waals surface area contributed by atoms with Gasteiger partial charge in [-0.3, -0.25) is 4.90 Å². The van der Waals surface area contributed by atoms with Crippen LogP contribution in [-0.2, 0) is 0 Å². The van der Waals surface area contributed by atoms with Crippen LogP contribution in [0.1, 0.15) is 53.9 Å². The first-order chi connectivity index (χ1) is 9.93. The van der Waals surface area contributed by atoms with E-state index in [4.69, 9.17) is 0 Å². The number of nitrogens with zero attached hydrogens (tertiary/aromatic N) is 3. The van der Waals surface area contributed by atoms with Gasteiger partial charge in [-0.2, -0.15) is 0 Å². The molecular weight excluding hydrogens is 258 g/mol. The summed E-state index contributed by atoms with van der Waals surface area (Å²) in [5.74, 6) is 0.815. The summed E-state index contributed by atoms with van der Waals surface area (Å²) in [6.45, 7) is 19.0. The lowest BCUT2D eigenvalue weighted by atomic mass is 10.0. The number of rotatable bonds is 9. The SMILES string of the molecule is CCN(CCN(C)CCC(C)C)C1CCN(C(C)C)CC1. The Morgan fingerprint density at radius 1 is 1.00 bits per heavy atom. The molecule has 1 aliphatic rings. The maximum atomic E-state index is 2.71. The molecule has 0 aromatic carbocycles. The molecule has 0 amide bonds. The number of hydrogen-bond donors (Lipinski definition) is 0. The van der Waals surface area contributed by atoms with Gasteiger partial charge in [-0.25, -0.2) is 0 Å². The van der Waals surface area contributed by atoms with Crippen molar-refractivity contribution in [3.63, 3.8) is 0 Å². The predicted molar refractivity (Wildman–Crippen MR) is 93.9 cm³/mol. The number of likely N-dealkylation sites (tertiary alicyclic amines) is 1. The third kappa shape index (κ3) is 7.12. The average Bonchev–Trinajstić information content (AvgIpc) is 2.46. The number of hydrogen-bond acceptors (Lipinski definition) is 3. The Hall–Kier alpha value is -0.120. The Morgan fingerprint density at radius 3 is 2.10 bits per heavy atom. The number of piperidine rings is 1. The summed E-state index contributed by atoms with van der Waals surface area (Å²) < 4.78 is 0. The summed E-state index contributed by atoms with van der Waals surface area (Å²) in [6.07, 6.45) is 4.01. The van der Waals surface area contributed by atoms with Crippen LogP contribution in [0.5, 0.6) is 0 Å². The minimum Gasteiger partial charge on any atom is -0.305 e. The monoisotopic (exact) mass is 297 g/mol. The molecule has 126 valence electrons. The maximum absolute atomic E-state index is 2.71. The molecule has 1 saturated heterocycles. The van der Waals surface area contributed by atoms with E-state index in [1.807, 2.05) is 0 Å². The molecule has 0 unspecified atom stereocenters. The van der Waals surface area contributed by atoms with E-state index in [9.17, 15) is 0 Å². The summed E-state index contributed by atoms with van der Waals surface area (Å²) in [6, 6.07) is 1.52. The van der Waals surface area contributed by atoms with E-state index in [1.54, 1.807) is 0 Å². The summed E-state index contributed by atoms with van der Waals surface area (Å²) in [4.78, 5) is 7.84. The molecule has 21 heavy (non-hydrogen) atoms. The van der Waals surface area contributed by atoms with Crippen molar-refractivity contribution in [3.05, 3.63) is 0 Å². The largest absolute Gasteiger partial charge is 0.305 e. The molecule has 0 N–H and O–H groups in total. The smallest absolute Gasteiger partial charge is 0.0120 e. The summed E-state index contributed by atoms with van der Waals surface area (Å²) in [5, 5.41) is 0. The Bertz CT molecular complexity index is 257. The van der Waals surface area contributed by atoms with Crippen molar-refractivity contribution in [2.24, 2.45) is 5.92 Å². The zero-order valence-electron chi connectivity index (χ0n) is 15.4. The van der Waals surface area contributed by atoms with Gasteiger partial charge >= 0.3 is 0 Å². The van der Waals surface area contributed by atoms with Crippen LogP contribution < -0.4 is 0 Å². The Labute approximate surface area is 133 Å². The molecule has 0 atom stereocenters. The Balaban J connectivity index is 2.28. The lowest BCUT2D eigenvalue weighted by Crippen LogP contribution is -2.48. The Morgan fingerprint density at radius 2 is 1.62 bits per heavy atom. The molecule has 3 heteroatoms. The third-order valence-corrected chi connectivity index (χ3v) is 5.01. The van der Waals surface area contributed by atoms with Crippen LogP contribution in [0.15, 0.2) is 0 Å². The van der Waals surface area contributed by atoms with Crippen molar-refractivity contribution >= 4 is 0 Å². The molecule has 0 spiro atoms. The summed E-state index contributed by atoms with van der Waals surface area (Å²) in [5.41, 5.74) is 0. The molecule has 1 rings (SSSR count). The van der Waals surface area contributed by atoms with E-state index < -0.39 is 0 Å². The van der Waals surface area contributed by atoms with Crippen LogP contribution in [0.25, 0.3) is 0 Å². The van der Waals surface area contributed by atoms with Gasteiger partial charge in [-0.1, -0.05) is 20.8 Å². The molecule has 3 nitrogen and oxygen atoms in total. The van der Waals surface area contributed by atoms with E-state index in [2.05, 4.69) is 56.4 Å². The predicted octanol–water partition coefficient (Wildman–Crippen LogP) is 3.16. The third-order valence-electron chi connectivity index (χ3n) is 5.01. The van der Waals surface area contributed by atoms with E-state index in [0.29, 0.717) is 6.04 Å². The lowest BCUT2D eigenvalue weighted by Gasteiger charge is -2.40. The summed E-state index contributed by atoms with van der Waals surface area (Å²) >= 11 is 0. The first-order valence-electron chi connectivity index (χ1n) is 9.10. The van der Waals surface area contributed by atoms with Gasteiger partial charge in [-0.05, 0) is 72.3 Å². The van der Waals surface area contributed by atoms with Gasteiger partial charge < -0.3 is 9.80 Å². The van der Waals surface area contributed by atoms with Crippen LogP contribution in [-0.4, -0.2) is 73.1 Å². The highest BCUT2D eigenvalue weighted by Crippen LogP contribution is 2.18. The Kier molecular flexibility index (Phi) is 8.84. The minimum atomic E-state index is 0.711. The van der Waals surface area contributed by atoms with Gasteiger partial charge in [0.25, 0.3) is 0 Å².